The Kier molecular flexibility index (Phi) is 2.71. The van der Waals surface area contributed by atoms with Gasteiger partial charge >= 0.3 is 0 Å². The molecule has 0 saturated heterocycles. The minimum atomic E-state index is 0.406. The summed E-state index contributed by atoms with van der Waals surface area (Å²) < 4.78 is 0. The van der Waals surface area contributed by atoms with Crippen LogP contribution in [0.5, 0.6) is 0 Å². The predicted molar refractivity (Wildman–Crippen MR) is 50.9 cm³/mol. The van der Waals surface area contributed by atoms with E-state index in [1.165, 1.54) is 11.1 Å². The monoisotopic (exact) mass is 166 g/mol. The van der Waals surface area contributed by atoms with Gasteiger partial charge in [-0.25, -0.2) is 0 Å². The largest absolute Gasteiger partial charge is 0.299 e. The van der Waals surface area contributed by atoms with Crippen molar-refractivity contribution in [2.45, 2.75) is 40.5 Å². The second kappa shape index (κ2) is 3.42. The second-order valence-electron chi connectivity index (χ2n) is 4.26. The number of rotatable bonds is 2. The Morgan fingerprint density at radius 2 is 1.50 bits per heavy atom. The molecule has 1 nitrogen and oxygen atoms in total. The van der Waals surface area contributed by atoms with E-state index < -0.39 is 0 Å². The highest BCUT2D eigenvalue weighted by Gasteiger charge is 2.25. The van der Waals surface area contributed by atoms with Crippen LogP contribution in [0.1, 0.15) is 40.5 Å². The zero-order valence-corrected chi connectivity index (χ0v) is 8.48. The molecular formula is C11H18O. The van der Waals surface area contributed by atoms with Gasteiger partial charge in [0.25, 0.3) is 0 Å². The van der Waals surface area contributed by atoms with Gasteiger partial charge in [-0.3, -0.25) is 4.79 Å². The van der Waals surface area contributed by atoms with Crippen LogP contribution in [0, 0.1) is 11.8 Å². The van der Waals surface area contributed by atoms with E-state index in [0.717, 1.165) is 12.8 Å². The van der Waals surface area contributed by atoms with Crippen molar-refractivity contribution in [3.05, 3.63) is 11.1 Å². The molecule has 0 aromatic carbocycles. The van der Waals surface area contributed by atoms with Crippen LogP contribution in [0.25, 0.3) is 0 Å². The maximum absolute atomic E-state index is 10.8. The average Bonchev–Trinajstić information content (AvgIpc) is 1.82. The van der Waals surface area contributed by atoms with Crippen molar-refractivity contribution < 1.29 is 4.79 Å². The summed E-state index contributed by atoms with van der Waals surface area (Å²) in [4.78, 5) is 10.8. The van der Waals surface area contributed by atoms with Crippen molar-refractivity contribution in [3.8, 4) is 0 Å². The van der Waals surface area contributed by atoms with Gasteiger partial charge in [0.1, 0.15) is 5.78 Å². The van der Waals surface area contributed by atoms with Crippen molar-refractivity contribution in [2.75, 3.05) is 0 Å². The van der Waals surface area contributed by atoms with E-state index in [4.69, 9.17) is 0 Å². The van der Waals surface area contributed by atoms with E-state index in [-0.39, 0.29) is 0 Å². The molecule has 0 heterocycles. The molecule has 0 aromatic heterocycles. The lowest BCUT2D eigenvalue weighted by molar-refractivity contribution is -0.120. The quantitative estimate of drug-likeness (QED) is 0.576. The summed E-state index contributed by atoms with van der Waals surface area (Å²) in [5.41, 5.74) is 2.92. The Morgan fingerprint density at radius 3 is 1.75 bits per heavy atom. The normalized spacial score (nSPS) is 17.2. The van der Waals surface area contributed by atoms with Gasteiger partial charge < -0.3 is 0 Å². The summed E-state index contributed by atoms with van der Waals surface area (Å²) in [6.07, 6.45) is 1.46. The lowest BCUT2D eigenvalue weighted by atomic mass is 9.78. The molecule has 0 amide bonds. The summed E-state index contributed by atoms with van der Waals surface area (Å²) >= 11 is 0. The molecular weight excluding hydrogens is 148 g/mol. The van der Waals surface area contributed by atoms with Crippen molar-refractivity contribution in [3.63, 3.8) is 0 Å². The molecule has 0 atom stereocenters. The zero-order chi connectivity index (χ0) is 9.30. The van der Waals surface area contributed by atoms with Crippen LogP contribution in [0.4, 0.5) is 0 Å². The smallest absolute Gasteiger partial charge is 0.140 e. The minimum absolute atomic E-state index is 0.406. The first kappa shape index (κ1) is 9.50. The maximum atomic E-state index is 10.8. The maximum Gasteiger partial charge on any atom is 0.140 e. The summed E-state index contributed by atoms with van der Waals surface area (Å²) in [7, 11) is 0. The Hall–Kier alpha value is -0.590. The Balaban J connectivity index is 2.79. The van der Waals surface area contributed by atoms with Gasteiger partial charge in [0.05, 0.1) is 0 Å². The molecule has 12 heavy (non-hydrogen) atoms. The van der Waals surface area contributed by atoms with Crippen molar-refractivity contribution in [1.82, 2.24) is 0 Å². The van der Waals surface area contributed by atoms with Gasteiger partial charge in [0.15, 0.2) is 0 Å². The minimum Gasteiger partial charge on any atom is -0.299 e. The van der Waals surface area contributed by atoms with E-state index in [1.54, 1.807) is 0 Å². The molecule has 0 radical (unpaired) electrons. The van der Waals surface area contributed by atoms with Crippen molar-refractivity contribution in [1.29, 1.82) is 0 Å². The summed E-state index contributed by atoms with van der Waals surface area (Å²) in [6, 6.07) is 0. The van der Waals surface area contributed by atoms with E-state index in [9.17, 15) is 4.79 Å². The Bertz CT molecular complexity index is 201. The van der Waals surface area contributed by atoms with Crippen LogP contribution in [-0.2, 0) is 4.79 Å². The highest BCUT2D eigenvalue weighted by molar-refractivity contribution is 5.91. The number of allylic oxidation sites excluding steroid dienone is 2. The fraction of sp³-hybridized carbons (Fsp3) is 0.727. The standard InChI is InChI=1S/C11H18O/c1-7(2)11(8(3)4)9-5-10(12)6-9/h7-8H,5-6H2,1-4H3. The zero-order valence-electron chi connectivity index (χ0n) is 8.48. The molecule has 0 bridgehead atoms. The molecule has 0 aliphatic heterocycles. The van der Waals surface area contributed by atoms with Crippen molar-refractivity contribution >= 4 is 5.78 Å². The number of Topliss-reactive ketones (excluding diaryl/α,β-unsaturated/α-hetero) is 1. The highest BCUT2D eigenvalue weighted by atomic mass is 16.1. The lowest BCUT2D eigenvalue weighted by Crippen LogP contribution is -2.19. The topological polar surface area (TPSA) is 17.1 Å². The molecule has 1 saturated carbocycles. The lowest BCUT2D eigenvalue weighted by Gasteiger charge is -2.26. The van der Waals surface area contributed by atoms with Gasteiger partial charge in [-0.1, -0.05) is 38.8 Å². The van der Waals surface area contributed by atoms with Crippen LogP contribution in [0.15, 0.2) is 11.1 Å². The Morgan fingerprint density at radius 1 is 1.08 bits per heavy atom. The molecule has 0 spiro atoms. The van der Waals surface area contributed by atoms with Gasteiger partial charge in [-0.05, 0) is 11.8 Å². The first-order chi connectivity index (χ1) is 5.52. The molecule has 1 heteroatoms. The van der Waals surface area contributed by atoms with Crippen LogP contribution >= 0.6 is 0 Å². The van der Waals surface area contributed by atoms with Gasteiger partial charge in [0, 0.05) is 12.8 Å². The summed E-state index contributed by atoms with van der Waals surface area (Å²) in [6.45, 7) is 8.85. The molecule has 1 fully saturated rings. The molecule has 68 valence electrons. The first-order valence-electron chi connectivity index (χ1n) is 4.76. The van der Waals surface area contributed by atoms with Crippen LogP contribution < -0.4 is 0 Å². The molecule has 1 aliphatic rings. The van der Waals surface area contributed by atoms with Crippen LogP contribution in [0.3, 0.4) is 0 Å². The van der Waals surface area contributed by atoms with E-state index in [0.29, 0.717) is 17.6 Å². The first-order valence-corrected chi connectivity index (χ1v) is 4.76. The Labute approximate surface area is 74.9 Å². The molecule has 1 rings (SSSR count). The van der Waals surface area contributed by atoms with Crippen LogP contribution in [0.2, 0.25) is 0 Å². The number of hydrogen-bond donors (Lipinski definition) is 0. The number of carbonyl (C=O) groups is 1. The molecule has 0 N–H and O–H groups in total. The SMILES string of the molecule is CC(C)C(=C1CC(=O)C1)C(C)C. The van der Waals surface area contributed by atoms with E-state index in [1.807, 2.05) is 0 Å². The fourth-order valence-electron chi connectivity index (χ4n) is 2.11. The third kappa shape index (κ3) is 1.77. The second-order valence-corrected chi connectivity index (χ2v) is 4.26. The summed E-state index contributed by atoms with van der Waals surface area (Å²) in [5.74, 6) is 1.62. The van der Waals surface area contributed by atoms with E-state index >= 15 is 0 Å². The third-order valence-corrected chi connectivity index (χ3v) is 2.47. The van der Waals surface area contributed by atoms with Crippen molar-refractivity contribution in [2.24, 2.45) is 11.8 Å². The molecule has 0 unspecified atom stereocenters. The van der Waals surface area contributed by atoms with Gasteiger partial charge in [-0.15, -0.1) is 0 Å². The summed E-state index contributed by atoms with van der Waals surface area (Å²) in [5, 5.41) is 0. The van der Waals surface area contributed by atoms with Gasteiger partial charge in [-0.2, -0.15) is 0 Å². The molecule has 1 aliphatic carbocycles. The van der Waals surface area contributed by atoms with E-state index in [2.05, 4.69) is 27.7 Å². The fourth-order valence-corrected chi connectivity index (χ4v) is 2.11. The number of carbonyl (C=O) groups excluding carboxylic acids is 1. The average molecular weight is 166 g/mol. The van der Waals surface area contributed by atoms with Crippen LogP contribution in [-0.4, -0.2) is 5.78 Å². The van der Waals surface area contributed by atoms with Gasteiger partial charge in [0.2, 0.25) is 0 Å². The molecule has 0 aromatic rings. The number of hydrogen-bond acceptors (Lipinski definition) is 1. The third-order valence-electron chi connectivity index (χ3n) is 2.47. The highest BCUT2D eigenvalue weighted by Crippen LogP contribution is 2.33. The number of ketones is 1. The predicted octanol–water partition coefficient (Wildman–Crippen LogP) is 2.96.